The smallest absolute Gasteiger partial charge is 0.188 e. The molecule has 1 heterocycles. The number of allylic oxidation sites excluding steroid dienone is 1. The number of carbonyl (C=O) groups is 1. The van der Waals surface area contributed by atoms with Crippen LogP contribution in [0.3, 0.4) is 0 Å². The second-order valence-corrected chi connectivity index (χ2v) is 5.30. The van der Waals surface area contributed by atoms with Gasteiger partial charge in [0.2, 0.25) is 0 Å². The monoisotopic (exact) mass is 295 g/mol. The average Bonchev–Trinajstić information content (AvgIpc) is 2.82. The molecule has 0 radical (unpaired) electrons. The number of hydrogen-bond acceptors (Lipinski definition) is 1. The van der Waals surface area contributed by atoms with Crippen molar-refractivity contribution in [3.63, 3.8) is 0 Å². The van der Waals surface area contributed by atoms with E-state index in [2.05, 4.69) is 4.98 Å². The average molecular weight is 296 g/mol. The lowest BCUT2D eigenvalue weighted by atomic mass is 10.1. The first-order chi connectivity index (χ1) is 10.2. The molecular weight excluding hydrogens is 282 g/mol. The molecule has 104 valence electrons. The van der Waals surface area contributed by atoms with Crippen LogP contribution < -0.4 is 0 Å². The summed E-state index contributed by atoms with van der Waals surface area (Å²) in [6.07, 6.45) is 3.33. The van der Waals surface area contributed by atoms with Gasteiger partial charge in [0.25, 0.3) is 0 Å². The van der Waals surface area contributed by atoms with Crippen LogP contribution in [0.5, 0.6) is 0 Å². The summed E-state index contributed by atoms with van der Waals surface area (Å²) in [6.45, 7) is 1.91. The summed E-state index contributed by atoms with van der Waals surface area (Å²) < 4.78 is 0. The van der Waals surface area contributed by atoms with Gasteiger partial charge in [0.15, 0.2) is 5.78 Å². The summed E-state index contributed by atoms with van der Waals surface area (Å²) in [4.78, 5) is 15.7. The molecule has 3 heteroatoms. The number of rotatable bonds is 3. The summed E-state index contributed by atoms with van der Waals surface area (Å²) in [5, 5.41) is 1.58. The molecule has 0 saturated heterocycles. The maximum atomic E-state index is 12.5. The fourth-order valence-corrected chi connectivity index (χ4v) is 2.65. The van der Waals surface area contributed by atoms with Gasteiger partial charge in [0, 0.05) is 21.6 Å². The fourth-order valence-electron chi connectivity index (χ4n) is 2.45. The van der Waals surface area contributed by atoms with Crippen LogP contribution >= 0.6 is 11.6 Å². The molecule has 0 atom stereocenters. The van der Waals surface area contributed by atoms with Gasteiger partial charge in [-0.2, -0.15) is 0 Å². The van der Waals surface area contributed by atoms with Crippen LogP contribution in [0.25, 0.3) is 17.0 Å². The molecule has 3 rings (SSSR count). The van der Waals surface area contributed by atoms with Crippen LogP contribution in [0.4, 0.5) is 0 Å². The normalized spacial score (nSPS) is 11.3. The van der Waals surface area contributed by atoms with Crippen LogP contribution in [0, 0.1) is 6.92 Å². The van der Waals surface area contributed by atoms with E-state index in [1.54, 1.807) is 12.2 Å². The van der Waals surface area contributed by atoms with Crippen molar-refractivity contribution in [3.8, 4) is 0 Å². The van der Waals surface area contributed by atoms with E-state index in [1.165, 1.54) is 0 Å². The second-order valence-electron chi connectivity index (χ2n) is 4.89. The molecule has 2 aromatic carbocycles. The first-order valence-corrected chi connectivity index (χ1v) is 7.09. The Kier molecular flexibility index (Phi) is 3.63. The SMILES string of the molecule is Cc1[nH]c2ccccc2c1C(=O)/C=C/c1ccccc1Cl. The van der Waals surface area contributed by atoms with Gasteiger partial charge >= 0.3 is 0 Å². The van der Waals surface area contributed by atoms with E-state index < -0.39 is 0 Å². The lowest BCUT2D eigenvalue weighted by molar-refractivity contribution is 0.104. The van der Waals surface area contributed by atoms with Crippen molar-refractivity contribution in [1.29, 1.82) is 0 Å². The minimum atomic E-state index is -0.0233. The Bertz CT molecular complexity index is 845. The van der Waals surface area contributed by atoms with Crippen molar-refractivity contribution < 1.29 is 4.79 Å². The number of nitrogens with one attached hydrogen (secondary N) is 1. The number of ketones is 1. The number of halogens is 1. The molecule has 1 aromatic heterocycles. The van der Waals surface area contributed by atoms with E-state index in [9.17, 15) is 4.79 Å². The van der Waals surface area contributed by atoms with Crippen molar-refractivity contribution in [2.24, 2.45) is 0 Å². The minimum Gasteiger partial charge on any atom is -0.358 e. The van der Waals surface area contributed by atoms with Crippen molar-refractivity contribution in [2.75, 3.05) is 0 Å². The van der Waals surface area contributed by atoms with Crippen molar-refractivity contribution in [1.82, 2.24) is 4.98 Å². The number of H-pyrrole nitrogens is 1. The number of aromatic nitrogens is 1. The van der Waals surface area contributed by atoms with E-state index in [4.69, 9.17) is 11.6 Å². The van der Waals surface area contributed by atoms with E-state index >= 15 is 0 Å². The zero-order valence-electron chi connectivity index (χ0n) is 11.6. The Morgan fingerprint density at radius 1 is 1.10 bits per heavy atom. The maximum absolute atomic E-state index is 12.5. The third-order valence-corrected chi connectivity index (χ3v) is 3.80. The van der Waals surface area contributed by atoms with Crippen molar-refractivity contribution in [2.45, 2.75) is 6.92 Å². The van der Waals surface area contributed by atoms with E-state index in [1.807, 2.05) is 55.5 Å². The van der Waals surface area contributed by atoms with Gasteiger partial charge in [0.1, 0.15) is 0 Å². The molecule has 2 nitrogen and oxygen atoms in total. The van der Waals surface area contributed by atoms with Gasteiger partial charge in [-0.3, -0.25) is 4.79 Å². The standard InChI is InChI=1S/C18H14ClNO/c1-12-18(14-7-3-5-9-16(14)20-12)17(21)11-10-13-6-2-4-8-15(13)19/h2-11,20H,1H3/b11-10+. The number of benzene rings is 2. The zero-order chi connectivity index (χ0) is 14.8. The van der Waals surface area contributed by atoms with E-state index in [0.717, 1.165) is 22.2 Å². The number of para-hydroxylation sites is 1. The highest BCUT2D eigenvalue weighted by Crippen LogP contribution is 2.23. The van der Waals surface area contributed by atoms with Crippen molar-refractivity contribution >= 4 is 34.4 Å². The Morgan fingerprint density at radius 3 is 2.62 bits per heavy atom. The molecule has 0 aliphatic rings. The predicted octanol–water partition coefficient (Wildman–Crippen LogP) is 5.03. The number of carbonyl (C=O) groups excluding carboxylic acids is 1. The molecule has 0 fully saturated rings. The molecule has 0 saturated carbocycles. The number of aromatic amines is 1. The molecule has 0 spiro atoms. The van der Waals surface area contributed by atoms with Gasteiger partial charge in [0.05, 0.1) is 5.56 Å². The Balaban J connectivity index is 1.98. The van der Waals surface area contributed by atoms with Gasteiger partial charge in [-0.25, -0.2) is 0 Å². The molecule has 0 aliphatic heterocycles. The summed E-state index contributed by atoms with van der Waals surface area (Å²) in [6, 6.07) is 15.3. The lowest BCUT2D eigenvalue weighted by Crippen LogP contribution is -1.95. The third-order valence-electron chi connectivity index (χ3n) is 3.46. The molecule has 0 unspecified atom stereocenters. The van der Waals surface area contributed by atoms with Crippen LogP contribution in [0.1, 0.15) is 21.6 Å². The lowest BCUT2D eigenvalue weighted by Gasteiger charge is -1.98. The molecule has 21 heavy (non-hydrogen) atoms. The number of hydrogen-bond donors (Lipinski definition) is 1. The fraction of sp³-hybridized carbons (Fsp3) is 0.0556. The van der Waals surface area contributed by atoms with Crippen molar-refractivity contribution in [3.05, 3.63) is 76.5 Å². The molecular formula is C18H14ClNO. The topological polar surface area (TPSA) is 32.9 Å². The molecule has 0 bridgehead atoms. The van der Waals surface area contributed by atoms with Gasteiger partial charge in [-0.1, -0.05) is 48.0 Å². The van der Waals surface area contributed by atoms with Crippen LogP contribution in [0.15, 0.2) is 54.6 Å². The predicted molar refractivity (Wildman–Crippen MR) is 87.9 cm³/mol. The van der Waals surface area contributed by atoms with Gasteiger partial charge in [-0.15, -0.1) is 0 Å². The summed E-state index contributed by atoms with van der Waals surface area (Å²) >= 11 is 6.09. The minimum absolute atomic E-state index is 0.0233. The Morgan fingerprint density at radius 2 is 1.81 bits per heavy atom. The second kappa shape index (κ2) is 5.58. The molecule has 1 N–H and O–H groups in total. The highest BCUT2D eigenvalue weighted by atomic mass is 35.5. The zero-order valence-corrected chi connectivity index (χ0v) is 12.3. The van der Waals surface area contributed by atoms with E-state index in [0.29, 0.717) is 10.6 Å². The highest BCUT2D eigenvalue weighted by molar-refractivity contribution is 6.32. The summed E-state index contributed by atoms with van der Waals surface area (Å²) in [5.74, 6) is -0.0233. The number of fused-ring (bicyclic) bond motifs is 1. The van der Waals surface area contributed by atoms with Gasteiger partial charge in [-0.05, 0) is 36.8 Å². The largest absolute Gasteiger partial charge is 0.358 e. The molecule has 0 amide bonds. The first kappa shape index (κ1) is 13.7. The number of aryl methyl sites for hydroxylation is 1. The van der Waals surface area contributed by atoms with E-state index in [-0.39, 0.29) is 5.78 Å². The quantitative estimate of drug-likeness (QED) is 0.534. The Hall–Kier alpha value is -2.32. The molecule has 3 aromatic rings. The third kappa shape index (κ3) is 2.63. The van der Waals surface area contributed by atoms with Crippen LogP contribution in [0.2, 0.25) is 5.02 Å². The maximum Gasteiger partial charge on any atom is 0.188 e. The Labute approximate surface area is 128 Å². The molecule has 0 aliphatic carbocycles. The highest BCUT2D eigenvalue weighted by Gasteiger charge is 2.13. The van der Waals surface area contributed by atoms with Crippen LogP contribution in [-0.2, 0) is 0 Å². The summed E-state index contributed by atoms with van der Waals surface area (Å²) in [5.41, 5.74) is 3.41. The first-order valence-electron chi connectivity index (χ1n) is 6.71. The van der Waals surface area contributed by atoms with Gasteiger partial charge < -0.3 is 4.98 Å². The van der Waals surface area contributed by atoms with Crippen LogP contribution in [-0.4, -0.2) is 10.8 Å². The summed E-state index contributed by atoms with van der Waals surface area (Å²) in [7, 11) is 0.